The Bertz CT molecular complexity index is 1300. The first-order chi connectivity index (χ1) is 17.6. The highest BCUT2D eigenvalue weighted by Crippen LogP contribution is 2.22. The fourth-order valence-electron chi connectivity index (χ4n) is 3.16. The molecule has 3 aromatic carbocycles. The van der Waals surface area contributed by atoms with Gasteiger partial charge in [-0.1, -0.05) is 62.2 Å². The third-order valence-electron chi connectivity index (χ3n) is 4.97. The van der Waals surface area contributed by atoms with Crippen molar-refractivity contribution in [3.8, 4) is 5.75 Å². The van der Waals surface area contributed by atoms with Gasteiger partial charge in [-0.3, -0.25) is 4.79 Å². The van der Waals surface area contributed by atoms with Crippen molar-refractivity contribution in [2.75, 3.05) is 6.54 Å². The first-order valence-electron chi connectivity index (χ1n) is 11.0. The predicted octanol–water partition coefficient (Wildman–Crippen LogP) is 4.84. The Hall–Kier alpha value is -2.93. The minimum atomic E-state index is -4.14. The zero-order valence-corrected chi connectivity index (χ0v) is 23.4. The molecule has 9 nitrogen and oxygen atoms in total. The van der Waals surface area contributed by atoms with Gasteiger partial charge < -0.3 is 19.9 Å². The maximum Gasteiger partial charge on any atom is 0.407 e. The second-order valence-corrected chi connectivity index (χ2v) is 11.4. The summed E-state index contributed by atoms with van der Waals surface area (Å²) in [6, 6.07) is 18.9. The first-order valence-corrected chi connectivity index (χ1v) is 14.1. The summed E-state index contributed by atoms with van der Waals surface area (Å²) in [4.78, 5) is 23.3. The van der Waals surface area contributed by atoms with Crippen molar-refractivity contribution in [2.24, 2.45) is 0 Å². The molecule has 37 heavy (non-hydrogen) atoms. The van der Waals surface area contributed by atoms with E-state index in [2.05, 4.69) is 41.9 Å². The zero-order chi connectivity index (χ0) is 26.8. The normalized spacial score (nSPS) is 11.9. The second kappa shape index (κ2) is 13.6. The number of ether oxygens (including phenoxy) is 2. The van der Waals surface area contributed by atoms with E-state index >= 15 is 0 Å². The lowest BCUT2D eigenvalue weighted by atomic mass is 10.2. The van der Waals surface area contributed by atoms with Gasteiger partial charge in [0, 0.05) is 15.5 Å². The van der Waals surface area contributed by atoms with Crippen LogP contribution in [0, 0.1) is 0 Å². The molecule has 3 rings (SSSR count). The lowest BCUT2D eigenvalue weighted by Gasteiger charge is -2.15. The van der Waals surface area contributed by atoms with Crippen molar-refractivity contribution >= 4 is 53.9 Å². The number of hydrogen-bond donors (Lipinski definition) is 3. The van der Waals surface area contributed by atoms with Gasteiger partial charge in [0.2, 0.25) is 10.0 Å². The second-order valence-electron chi connectivity index (χ2n) is 7.83. The van der Waals surface area contributed by atoms with Crippen LogP contribution < -0.4 is 14.8 Å². The summed E-state index contributed by atoms with van der Waals surface area (Å²) in [5, 5.41) is 11.9. The van der Waals surface area contributed by atoms with Crippen LogP contribution >= 0.6 is 31.9 Å². The van der Waals surface area contributed by atoms with Crippen LogP contribution in [0.1, 0.15) is 17.5 Å². The van der Waals surface area contributed by atoms with Crippen LogP contribution in [0.15, 0.2) is 86.6 Å². The van der Waals surface area contributed by atoms with E-state index < -0.39 is 28.1 Å². The molecule has 0 saturated carbocycles. The van der Waals surface area contributed by atoms with Crippen LogP contribution in [-0.4, -0.2) is 38.2 Å². The van der Waals surface area contributed by atoms with E-state index in [1.807, 2.05) is 36.4 Å². The lowest BCUT2D eigenvalue weighted by Crippen LogP contribution is -2.43. The summed E-state index contributed by atoms with van der Waals surface area (Å²) in [5.74, 6) is -0.925. The van der Waals surface area contributed by atoms with Crippen LogP contribution in [0.4, 0.5) is 4.79 Å². The van der Waals surface area contributed by atoms with Crippen LogP contribution in [0.5, 0.6) is 5.75 Å². The van der Waals surface area contributed by atoms with Crippen LogP contribution in [-0.2, 0) is 32.8 Å². The van der Waals surface area contributed by atoms with Gasteiger partial charge in [-0.15, -0.1) is 0 Å². The van der Waals surface area contributed by atoms with Gasteiger partial charge in [0.05, 0.1) is 4.90 Å². The van der Waals surface area contributed by atoms with Crippen molar-refractivity contribution < 1.29 is 32.6 Å². The topological polar surface area (TPSA) is 131 Å². The molecule has 0 aliphatic rings. The molecule has 3 aromatic rings. The summed E-state index contributed by atoms with van der Waals surface area (Å²) in [6.07, 6.45) is -0.917. The van der Waals surface area contributed by atoms with Crippen LogP contribution in [0.2, 0.25) is 0 Å². The molecular weight excluding hydrogens is 632 g/mol. The van der Waals surface area contributed by atoms with Crippen molar-refractivity contribution in [1.29, 1.82) is 0 Å². The molecule has 0 heterocycles. The SMILES string of the molecule is O=C(NCC[C@@H](NS(=O)(=O)c1ccc(OCc2cc(Br)cc(Br)c2)cc1)C(=O)O)OCc1ccccc1. The number of carbonyl (C=O) groups excluding carboxylic acids is 1. The number of hydrogen-bond acceptors (Lipinski definition) is 6. The number of sulfonamides is 1. The molecule has 12 heteroatoms. The molecule has 0 aliphatic heterocycles. The van der Waals surface area contributed by atoms with Gasteiger partial charge in [0.15, 0.2) is 0 Å². The van der Waals surface area contributed by atoms with Crippen LogP contribution in [0.25, 0.3) is 0 Å². The van der Waals surface area contributed by atoms with Crippen molar-refractivity contribution in [1.82, 2.24) is 10.0 Å². The van der Waals surface area contributed by atoms with Crippen LogP contribution in [0.3, 0.4) is 0 Å². The minimum absolute atomic E-state index is 0.0574. The Morgan fingerprint density at radius 1 is 0.892 bits per heavy atom. The Balaban J connectivity index is 1.50. The van der Waals surface area contributed by atoms with E-state index in [1.54, 1.807) is 12.1 Å². The minimum Gasteiger partial charge on any atom is -0.489 e. The van der Waals surface area contributed by atoms with Crippen molar-refractivity contribution in [3.05, 3.63) is 92.9 Å². The first kappa shape index (κ1) is 28.6. The highest BCUT2D eigenvalue weighted by molar-refractivity contribution is 9.11. The highest BCUT2D eigenvalue weighted by atomic mass is 79.9. The summed E-state index contributed by atoms with van der Waals surface area (Å²) in [7, 11) is -4.14. The maximum absolute atomic E-state index is 12.7. The fraction of sp³-hybridized carbons (Fsp3) is 0.200. The number of carboxylic acids is 1. The van der Waals surface area contributed by atoms with Gasteiger partial charge in [-0.2, -0.15) is 4.72 Å². The number of amides is 1. The third-order valence-corrected chi connectivity index (χ3v) is 7.38. The predicted molar refractivity (Wildman–Crippen MR) is 144 cm³/mol. The standard InChI is InChI=1S/C25H24Br2N2O7S/c26-19-12-18(13-20(27)14-19)16-35-21-6-8-22(9-7-21)37(33,34)29-23(24(30)31)10-11-28-25(32)36-15-17-4-2-1-3-5-17/h1-9,12-14,23,29H,10-11,15-16H2,(H,28,32)(H,30,31)/t23-/m1/s1. The molecule has 1 atom stereocenters. The van der Waals surface area contributed by atoms with Gasteiger partial charge in [0.1, 0.15) is 25.0 Å². The van der Waals surface area contributed by atoms with E-state index in [4.69, 9.17) is 9.47 Å². The number of aliphatic carboxylic acids is 1. The van der Waals surface area contributed by atoms with Gasteiger partial charge >= 0.3 is 12.1 Å². The number of rotatable bonds is 12. The molecule has 0 aromatic heterocycles. The van der Waals surface area contributed by atoms with E-state index in [-0.39, 0.29) is 31.1 Å². The molecule has 0 saturated heterocycles. The quantitative estimate of drug-likeness (QED) is 0.255. The Kier molecular flexibility index (Phi) is 10.5. The summed E-state index contributed by atoms with van der Waals surface area (Å²) in [5.41, 5.74) is 1.70. The molecule has 3 N–H and O–H groups in total. The summed E-state index contributed by atoms with van der Waals surface area (Å²) < 4.78 is 40.2. The van der Waals surface area contributed by atoms with Gasteiger partial charge in [0.25, 0.3) is 0 Å². The molecule has 1 amide bonds. The summed E-state index contributed by atoms with van der Waals surface area (Å²) >= 11 is 6.82. The van der Waals surface area contributed by atoms with Gasteiger partial charge in [-0.05, 0) is 60.0 Å². The van der Waals surface area contributed by atoms with Crippen molar-refractivity contribution in [2.45, 2.75) is 30.6 Å². The average molecular weight is 656 g/mol. The Morgan fingerprint density at radius 2 is 1.54 bits per heavy atom. The monoisotopic (exact) mass is 654 g/mol. The van der Waals surface area contributed by atoms with E-state index in [0.717, 1.165) is 20.1 Å². The molecule has 0 radical (unpaired) electrons. The number of halogens is 2. The molecule has 0 spiro atoms. The molecule has 0 fully saturated rings. The highest BCUT2D eigenvalue weighted by Gasteiger charge is 2.25. The number of benzene rings is 3. The number of alkyl carbamates (subject to hydrolysis) is 1. The van der Waals surface area contributed by atoms with E-state index in [9.17, 15) is 23.1 Å². The van der Waals surface area contributed by atoms with Gasteiger partial charge in [-0.25, -0.2) is 13.2 Å². The third kappa shape index (κ3) is 9.47. The molecule has 0 aliphatic carbocycles. The smallest absolute Gasteiger partial charge is 0.407 e. The van der Waals surface area contributed by atoms with Crippen molar-refractivity contribution in [3.63, 3.8) is 0 Å². The average Bonchev–Trinajstić information content (AvgIpc) is 2.86. The summed E-state index contributed by atoms with van der Waals surface area (Å²) in [6.45, 7) is 0.220. The molecule has 0 bridgehead atoms. The number of nitrogens with one attached hydrogen (secondary N) is 2. The maximum atomic E-state index is 12.7. The van der Waals surface area contributed by atoms with E-state index in [0.29, 0.717) is 5.75 Å². The lowest BCUT2D eigenvalue weighted by molar-refractivity contribution is -0.139. The molecular formula is C25H24Br2N2O7S. The molecule has 196 valence electrons. The number of carbonyl (C=O) groups is 2. The molecule has 0 unspecified atom stereocenters. The Morgan fingerprint density at radius 3 is 2.16 bits per heavy atom. The number of carboxylic acid groups (broad SMARTS) is 1. The largest absolute Gasteiger partial charge is 0.489 e. The van der Waals surface area contributed by atoms with E-state index in [1.165, 1.54) is 24.3 Å². The Labute approximate surface area is 231 Å². The zero-order valence-electron chi connectivity index (χ0n) is 19.4. The fourth-order valence-corrected chi connectivity index (χ4v) is 5.77.